The summed E-state index contributed by atoms with van der Waals surface area (Å²) in [6, 6.07) is 11.3. The summed E-state index contributed by atoms with van der Waals surface area (Å²) in [5, 5.41) is 0. The van der Waals surface area contributed by atoms with Gasteiger partial charge in [0.1, 0.15) is 11.3 Å². The minimum atomic E-state index is -0.535. The van der Waals surface area contributed by atoms with Crippen molar-refractivity contribution in [2.75, 3.05) is 14.2 Å². The number of hydrogen-bond acceptors (Lipinski definition) is 4. The first kappa shape index (κ1) is 16.5. The molecule has 0 spiro atoms. The van der Waals surface area contributed by atoms with Crippen LogP contribution < -0.4 is 4.74 Å². The summed E-state index contributed by atoms with van der Waals surface area (Å²) in [6.07, 6.45) is 1.30. The Kier molecular flexibility index (Phi) is 5.36. The van der Waals surface area contributed by atoms with Crippen molar-refractivity contribution in [3.05, 3.63) is 65.7 Å². The van der Waals surface area contributed by atoms with Crippen LogP contribution in [0.4, 0.5) is 4.39 Å². The fraction of sp³-hybridized carbons (Fsp3) is 0.167. The molecule has 0 unspecified atom stereocenters. The zero-order chi connectivity index (χ0) is 16.8. The molecule has 4 nitrogen and oxygen atoms in total. The zero-order valence-electron chi connectivity index (χ0n) is 13.1. The van der Waals surface area contributed by atoms with Gasteiger partial charge < -0.3 is 14.2 Å². The van der Waals surface area contributed by atoms with Gasteiger partial charge in [-0.05, 0) is 36.2 Å². The van der Waals surface area contributed by atoms with Gasteiger partial charge in [0.25, 0.3) is 0 Å². The highest BCUT2D eigenvalue weighted by Gasteiger charge is 2.15. The van der Waals surface area contributed by atoms with Gasteiger partial charge in [0.2, 0.25) is 0 Å². The Morgan fingerprint density at radius 1 is 1.09 bits per heavy atom. The number of para-hydroxylation sites is 1. The molecule has 0 aliphatic heterocycles. The van der Waals surface area contributed by atoms with Crippen molar-refractivity contribution in [3.8, 4) is 11.5 Å². The van der Waals surface area contributed by atoms with E-state index in [1.165, 1.54) is 32.6 Å². The van der Waals surface area contributed by atoms with Gasteiger partial charge in [0, 0.05) is 0 Å². The van der Waals surface area contributed by atoms with Gasteiger partial charge in [-0.2, -0.15) is 0 Å². The first-order valence-corrected chi connectivity index (χ1v) is 6.91. The van der Waals surface area contributed by atoms with Crippen molar-refractivity contribution in [1.29, 1.82) is 0 Å². The SMILES string of the molecule is CO/C=C(/C(=O)OC)c1ccc(C)c(Oc2ccccc2F)c1. The standard InChI is InChI=1S/C18H17FO4/c1-12-8-9-13(14(11-21-2)18(20)22-3)10-17(12)23-16-7-5-4-6-15(16)19/h4-11H,1-3H3/b14-11+. The van der Waals surface area contributed by atoms with Crippen LogP contribution in [0, 0.1) is 12.7 Å². The second-order valence-corrected chi connectivity index (χ2v) is 4.77. The third kappa shape index (κ3) is 3.88. The lowest BCUT2D eigenvalue weighted by Crippen LogP contribution is -2.05. The van der Waals surface area contributed by atoms with Gasteiger partial charge in [-0.1, -0.05) is 24.3 Å². The van der Waals surface area contributed by atoms with Gasteiger partial charge in [0.05, 0.1) is 20.5 Å². The Balaban J connectivity index is 2.41. The van der Waals surface area contributed by atoms with Crippen LogP contribution in [0.1, 0.15) is 11.1 Å². The highest BCUT2D eigenvalue weighted by molar-refractivity contribution is 6.16. The lowest BCUT2D eigenvalue weighted by molar-refractivity contribution is -0.133. The van der Waals surface area contributed by atoms with Crippen molar-refractivity contribution in [2.24, 2.45) is 0 Å². The number of benzene rings is 2. The van der Waals surface area contributed by atoms with Crippen LogP contribution in [0.2, 0.25) is 0 Å². The highest BCUT2D eigenvalue weighted by Crippen LogP contribution is 2.30. The van der Waals surface area contributed by atoms with E-state index in [4.69, 9.17) is 14.2 Å². The summed E-state index contributed by atoms with van der Waals surface area (Å²) in [4.78, 5) is 11.8. The number of carbonyl (C=O) groups excluding carboxylic acids is 1. The van der Waals surface area contributed by atoms with Crippen LogP contribution in [-0.4, -0.2) is 20.2 Å². The average Bonchev–Trinajstić information content (AvgIpc) is 2.56. The van der Waals surface area contributed by atoms with Crippen LogP contribution in [0.3, 0.4) is 0 Å². The summed E-state index contributed by atoms with van der Waals surface area (Å²) in [7, 11) is 2.73. The summed E-state index contributed by atoms with van der Waals surface area (Å²) >= 11 is 0. The van der Waals surface area contributed by atoms with Gasteiger partial charge in [-0.3, -0.25) is 0 Å². The fourth-order valence-electron chi connectivity index (χ4n) is 1.99. The van der Waals surface area contributed by atoms with Gasteiger partial charge >= 0.3 is 5.97 Å². The minimum Gasteiger partial charge on any atom is -0.503 e. The monoisotopic (exact) mass is 316 g/mol. The number of halogens is 1. The Morgan fingerprint density at radius 3 is 2.48 bits per heavy atom. The number of ether oxygens (including phenoxy) is 3. The summed E-state index contributed by atoms with van der Waals surface area (Å²) in [6.45, 7) is 1.83. The van der Waals surface area contributed by atoms with Gasteiger partial charge in [-0.15, -0.1) is 0 Å². The molecule has 0 saturated carbocycles. The summed E-state index contributed by atoms with van der Waals surface area (Å²) in [5.41, 5.74) is 1.60. The highest BCUT2D eigenvalue weighted by atomic mass is 19.1. The molecule has 0 N–H and O–H groups in total. The summed E-state index contributed by atoms with van der Waals surface area (Å²) in [5.74, 6) is -0.438. The van der Waals surface area contributed by atoms with E-state index in [0.29, 0.717) is 11.3 Å². The Bertz CT molecular complexity index is 738. The third-order valence-electron chi connectivity index (χ3n) is 3.20. The smallest absolute Gasteiger partial charge is 0.341 e. The van der Waals surface area contributed by atoms with E-state index < -0.39 is 11.8 Å². The molecule has 2 rings (SSSR count). The molecule has 5 heteroatoms. The molecule has 0 aliphatic carbocycles. The molecule has 2 aromatic carbocycles. The molecule has 23 heavy (non-hydrogen) atoms. The molecule has 120 valence electrons. The maximum absolute atomic E-state index is 13.7. The molecule has 0 aliphatic rings. The molecule has 0 saturated heterocycles. The lowest BCUT2D eigenvalue weighted by Gasteiger charge is -2.12. The molecule has 0 atom stereocenters. The van der Waals surface area contributed by atoms with E-state index in [1.807, 2.05) is 6.92 Å². The number of esters is 1. The average molecular weight is 316 g/mol. The molecule has 2 aromatic rings. The minimum absolute atomic E-state index is 0.114. The van der Waals surface area contributed by atoms with Crippen molar-refractivity contribution in [3.63, 3.8) is 0 Å². The van der Waals surface area contributed by atoms with E-state index in [0.717, 1.165) is 5.56 Å². The number of aryl methyl sites for hydroxylation is 1. The lowest BCUT2D eigenvalue weighted by atomic mass is 10.0. The molecule has 0 radical (unpaired) electrons. The Morgan fingerprint density at radius 2 is 1.83 bits per heavy atom. The van der Waals surface area contributed by atoms with E-state index >= 15 is 0 Å². The molecule has 0 amide bonds. The second-order valence-electron chi connectivity index (χ2n) is 4.77. The number of hydrogen-bond donors (Lipinski definition) is 0. The summed E-state index contributed by atoms with van der Waals surface area (Å²) < 4.78 is 29.0. The van der Waals surface area contributed by atoms with Crippen LogP contribution in [0.5, 0.6) is 11.5 Å². The van der Waals surface area contributed by atoms with Crippen molar-refractivity contribution < 1.29 is 23.4 Å². The molecule has 0 fully saturated rings. The molecule has 0 aromatic heterocycles. The molecular formula is C18H17FO4. The number of rotatable bonds is 5. The maximum atomic E-state index is 13.7. The van der Waals surface area contributed by atoms with Crippen LogP contribution in [0.25, 0.3) is 5.57 Å². The zero-order valence-corrected chi connectivity index (χ0v) is 13.1. The molecular weight excluding hydrogens is 299 g/mol. The Hall–Kier alpha value is -2.82. The van der Waals surface area contributed by atoms with Gasteiger partial charge in [0.15, 0.2) is 11.6 Å². The van der Waals surface area contributed by atoms with Crippen LogP contribution >= 0.6 is 0 Å². The molecule has 0 bridgehead atoms. The van der Waals surface area contributed by atoms with Crippen LogP contribution in [0.15, 0.2) is 48.7 Å². The predicted octanol–water partition coefficient (Wildman–Crippen LogP) is 4.09. The van der Waals surface area contributed by atoms with Crippen molar-refractivity contribution >= 4 is 11.5 Å². The van der Waals surface area contributed by atoms with E-state index in [9.17, 15) is 9.18 Å². The third-order valence-corrected chi connectivity index (χ3v) is 3.20. The normalized spacial score (nSPS) is 11.0. The van der Waals surface area contributed by atoms with Crippen molar-refractivity contribution in [2.45, 2.75) is 6.92 Å². The van der Waals surface area contributed by atoms with E-state index in [-0.39, 0.29) is 11.3 Å². The number of methoxy groups -OCH3 is 2. The first-order chi connectivity index (χ1) is 11.1. The first-order valence-electron chi connectivity index (χ1n) is 6.91. The van der Waals surface area contributed by atoms with E-state index in [2.05, 4.69) is 0 Å². The quantitative estimate of drug-likeness (QED) is 0.473. The largest absolute Gasteiger partial charge is 0.503 e. The fourth-order valence-corrected chi connectivity index (χ4v) is 1.99. The topological polar surface area (TPSA) is 44.8 Å². The molecule has 0 heterocycles. The van der Waals surface area contributed by atoms with Crippen molar-refractivity contribution in [1.82, 2.24) is 0 Å². The van der Waals surface area contributed by atoms with Gasteiger partial charge in [-0.25, -0.2) is 9.18 Å². The van der Waals surface area contributed by atoms with Crippen LogP contribution in [-0.2, 0) is 14.3 Å². The number of carbonyl (C=O) groups is 1. The second kappa shape index (κ2) is 7.45. The van der Waals surface area contributed by atoms with E-state index in [1.54, 1.807) is 30.3 Å². The maximum Gasteiger partial charge on any atom is 0.341 e. The predicted molar refractivity (Wildman–Crippen MR) is 84.7 cm³/mol. The Labute approximate surface area is 134 Å².